The van der Waals surface area contributed by atoms with Crippen molar-refractivity contribution in [3.05, 3.63) is 40.9 Å². The van der Waals surface area contributed by atoms with Gasteiger partial charge in [0.25, 0.3) is 0 Å². The first kappa shape index (κ1) is 9.97. The van der Waals surface area contributed by atoms with Crippen LogP contribution in [0, 0.1) is 0 Å². The van der Waals surface area contributed by atoms with Gasteiger partial charge in [-0.15, -0.1) is 18.3 Å². The molecule has 0 unspecified atom stereocenters. The van der Waals surface area contributed by atoms with Gasteiger partial charge in [0.15, 0.2) is 0 Å². The summed E-state index contributed by atoms with van der Waals surface area (Å²) in [6.07, 6.45) is 1.84. The van der Waals surface area contributed by atoms with E-state index in [4.69, 9.17) is 23.2 Å². The van der Waals surface area contributed by atoms with Gasteiger partial charge in [-0.2, -0.15) is 0 Å². The van der Waals surface area contributed by atoms with E-state index in [0.29, 0.717) is 5.02 Å². The molecule has 0 spiro atoms. The van der Waals surface area contributed by atoms with Crippen LogP contribution in [-0.4, -0.2) is 5.75 Å². The largest absolute Gasteiger partial charge is 0.120 e. The minimum absolute atomic E-state index is 0.714. The Morgan fingerprint density at radius 2 is 2.17 bits per heavy atom. The van der Waals surface area contributed by atoms with Gasteiger partial charge in [-0.3, -0.25) is 0 Å². The maximum Gasteiger partial charge on any atom is 0.0543 e. The van der Waals surface area contributed by atoms with Crippen LogP contribution in [0.15, 0.2) is 35.7 Å². The summed E-state index contributed by atoms with van der Waals surface area (Å²) in [6, 6.07) is 5.44. The highest BCUT2D eigenvalue weighted by molar-refractivity contribution is 7.99. The fraction of sp³-hybridized carbons (Fsp3) is 0.111. The number of rotatable bonds is 3. The third-order valence-corrected chi connectivity index (χ3v) is 2.98. The normalized spacial score (nSPS) is 9.83. The molecule has 0 bridgehead atoms. The van der Waals surface area contributed by atoms with Crippen molar-refractivity contribution in [2.24, 2.45) is 0 Å². The highest BCUT2D eigenvalue weighted by Gasteiger charge is 1.99. The third-order valence-electron chi connectivity index (χ3n) is 1.25. The average Bonchev–Trinajstić information content (AvgIpc) is 2.07. The predicted octanol–water partition coefficient (Wildman–Crippen LogP) is 4.27. The van der Waals surface area contributed by atoms with E-state index >= 15 is 0 Å². The molecule has 0 amide bonds. The number of hydrogen-bond acceptors (Lipinski definition) is 1. The minimum Gasteiger partial charge on any atom is -0.120 e. The molecule has 0 saturated heterocycles. The van der Waals surface area contributed by atoms with Crippen LogP contribution in [-0.2, 0) is 0 Å². The second kappa shape index (κ2) is 4.80. The summed E-state index contributed by atoms with van der Waals surface area (Å²) in [5.74, 6) is 0.847. The van der Waals surface area contributed by atoms with E-state index in [2.05, 4.69) is 6.58 Å². The standard InChI is InChI=1S/C9H8Cl2S/c1-2-5-12-9-6-7(10)3-4-8(9)11/h2-4,6H,1,5H2. The lowest BCUT2D eigenvalue weighted by Gasteiger charge is -2.01. The molecule has 0 heterocycles. The van der Waals surface area contributed by atoms with Gasteiger partial charge in [-0.25, -0.2) is 0 Å². The molecule has 0 atom stereocenters. The second-order valence-electron chi connectivity index (χ2n) is 2.17. The predicted molar refractivity (Wildman–Crippen MR) is 57.4 cm³/mol. The molecule has 0 aromatic heterocycles. The van der Waals surface area contributed by atoms with Crippen molar-refractivity contribution in [1.82, 2.24) is 0 Å². The Morgan fingerprint density at radius 3 is 2.83 bits per heavy atom. The van der Waals surface area contributed by atoms with Crippen LogP contribution in [0.5, 0.6) is 0 Å². The van der Waals surface area contributed by atoms with Gasteiger partial charge in [0, 0.05) is 15.7 Å². The summed E-state index contributed by atoms with van der Waals surface area (Å²) >= 11 is 13.3. The summed E-state index contributed by atoms with van der Waals surface area (Å²) in [5, 5.41) is 1.46. The van der Waals surface area contributed by atoms with E-state index in [-0.39, 0.29) is 0 Å². The van der Waals surface area contributed by atoms with E-state index in [1.165, 1.54) is 0 Å². The lowest BCUT2D eigenvalue weighted by atomic mass is 10.4. The summed E-state index contributed by atoms with van der Waals surface area (Å²) in [7, 11) is 0. The number of benzene rings is 1. The summed E-state index contributed by atoms with van der Waals surface area (Å²) in [4.78, 5) is 1.00. The first-order valence-electron chi connectivity index (χ1n) is 3.43. The Bertz CT molecular complexity index is 284. The average molecular weight is 219 g/mol. The van der Waals surface area contributed by atoms with Crippen molar-refractivity contribution < 1.29 is 0 Å². The molecule has 64 valence electrons. The van der Waals surface area contributed by atoms with Crippen LogP contribution in [0.2, 0.25) is 10.0 Å². The number of hydrogen-bond donors (Lipinski definition) is 0. The molecule has 3 heteroatoms. The topological polar surface area (TPSA) is 0 Å². The summed E-state index contributed by atoms with van der Waals surface area (Å²) in [5.41, 5.74) is 0. The zero-order valence-corrected chi connectivity index (χ0v) is 8.72. The van der Waals surface area contributed by atoms with Gasteiger partial charge in [0.2, 0.25) is 0 Å². The fourth-order valence-electron chi connectivity index (χ4n) is 0.737. The molecule has 0 saturated carbocycles. The van der Waals surface area contributed by atoms with Gasteiger partial charge in [0.05, 0.1) is 5.02 Å². The molecule has 1 aromatic carbocycles. The molecule has 0 nitrogen and oxygen atoms in total. The van der Waals surface area contributed by atoms with Gasteiger partial charge in [0.1, 0.15) is 0 Å². The first-order chi connectivity index (χ1) is 5.74. The highest BCUT2D eigenvalue weighted by atomic mass is 35.5. The van der Waals surface area contributed by atoms with Crippen LogP contribution in [0.1, 0.15) is 0 Å². The molecule has 0 fully saturated rings. The first-order valence-corrected chi connectivity index (χ1v) is 5.17. The van der Waals surface area contributed by atoms with Gasteiger partial charge < -0.3 is 0 Å². The van der Waals surface area contributed by atoms with Crippen LogP contribution < -0.4 is 0 Å². The molecular weight excluding hydrogens is 211 g/mol. The molecule has 0 N–H and O–H groups in total. The smallest absolute Gasteiger partial charge is 0.0543 e. The molecule has 0 aliphatic rings. The van der Waals surface area contributed by atoms with E-state index < -0.39 is 0 Å². The van der Waals surface area contributed by atoms with Crippen LogP contribution in [0.25, 0.3) is 0 Å². The maximum atomic E-state index is 5.92. The highest BCUT2D eigenvalue weighted by Crippen LogP contribution is 2.29. The SMILES string of the molecule is C=CCSc1cc(Cl)ccc1Cl. The van der Waals surface area contributed by atoms with E-state index in [0.717, 1.165) is 15.7 Å². The molecular formula is C9H8Cl2S. The van der Waals surface area contributed by atoms with Crippen molar-refractivity contribution in [1.29, 1.82) is 0 Å². The van der Waals surface area contributed by atoms with Crippen LogP contribution >= 0.6 is 35.0 Å². The van der Waals surface area contributed by atoms with E-state index in [9.17, 15) is 0 Å². The molecule has 0 aliphatic heterocycles. The fourth-order valence-corrected chi connectivity index (χ4v) is 1.97. The van der Waals surface area contributed by atoms with Gasteiger partial charge >= 0.3 is 0 Å². The zero-order chi connectivity index (χ0) is 8.97. The van der Waals surface area contributed by atoms with E-state index in [1.54, 1.807) is 23.9 Å². The Morgan fingerprint density at radius 1 is 1.42 bits per heavy atom. The number of halogens is 2. The van der Waals surface area contributed by atoms with Crippen molar-refractivity contribution in [3.63, 3.8) is 0 Å². The lowest BCUT2D eigenvalue weighted by Crippen LogP contribution is -1.76. The Hall–Kier alpha value is -0.110. The Balaban J connectivity index is 2.82. The molecule has 0 radical (unpaired) electrons. The molecule has 12 heavy (non-hydrogen) atoms. The Kier molecular flexibility index (Phi) is 3.99. The van der Waals surface area contributed by atoms with Crippen LogP contribution in [0.4, 0.5) is 0 Å². The number of thioether (sulfide) groups is 1. The van der Waals surface area contributed by atoms with Gasteiger partial charge in [-0.1, -0.05) is 29.3 Å². The van der Waals surface area contributed by atoms with Crippen molar-refractivity contribution in [3.8, 4) is 0 Å². The minimum atomic E-state index is 0.714. The molecule has 1 aromatic rings. The zero-order valence-electron chi connectivity index (χ0n) is 6.39. The monoisotopic (exact) mass is 218 g/mol. The van der Waals surface area contributed by atoms with E-state index in [1.807, 2.05) is 12.1 Å². The van der Waals surface area contributed by atoms with Crippen molar-refractivity contribution in [2.75, 3.05) is 5.75 Å². The lowest BCUT2D eigenvalue weighted by molar-refractivity contribution is 1.46. The second-order valence-corrected chi connectivity index (χ2v) is 4.08. The van der Waals surface area contributed by atoms with Gasteiger partial charge in [-0.05, 0) is 18.2 Å². The quantitative estimate of drug-likeness (QED) is 0.540. The Labute approximate surface area is 86.6 Å². The molecule has 1 rings (SSSR count). The maximum absolute atomic E-state index is 5.92. The van der Waals surface area contributed by atoms with Crippen LogP contribution in [0.3, 0.4) is 0 Å². The third kappa shape index (κ3) is 2.74. The molecule has 0 aliphatic carbocycles. The van der Waals surface area contributed by atoms with Crippen molar-refractivity contribution >= 4 is 35.0 Å². The summed E-state index contributed by atoms with van der Waals surface area (Å²) in [6.45, 7) is 3.63. The van der Waals surface area contributed by atoms with Crippen molar-refractivity contribution in [2.45, 2.75) is 4.90 Å². The summed E-state index contributed by atoms with van der Waals surface area (Å²) < 4.78 is 0.